The summed E-state index contributed by atoms with van der Waals surface area (Å²) in [5.41, 5.74) is 0. The van der Waals surface area contributed by atoms with E-state index in [1.54, 1.807) is 24.3 Å². The number of hydrogen-bond acceptors (Lipinski definition) is 2. The van der Waals surface area contributed by atoms with E-state index in [0.717, 1.165) is 0 Å². The first-order chi connectivity index (χ1) is 6.80. The van der Waals surface area contributed by atoms with Crippen molar-refractivity contribution in [2.24, 2.45) is 0 Å². The molecule has 2 rings (SSSR count). The molecule has 2 unspecified atom stereocenters. The lowest BCUT2D eigenvalue weighted by atomic mass is 10.1. The van der Waals surface area contributed by atoms with Crippen molar-refractivity contribution in [2.45, 2.75) is 12.2 Å². The molecule has 14 heavy (non-hydrogen) atoms. The van der Waals surface area contributed by atoms with Crippen molar-refractivity contribution in [3.05, 3.63) is 60.7 Å². The van der Waals surface area contributed by atoms with Gasteiger partial charge in [0, 0.05) is 0 Å². The normalized spacial score (nSPS) is 23.9. The minimum atomic E-state index is -0.708. The lowest BCUT2D eigenvalue weighted by Crippen LogP contribution is -2.22. The van der Waals surface area contributed by atoms with Gasteiger partial charge in [0.2, 0.25) is 0 Å². The fourth-order valence-electron chi connectivity index (χ4n) is 0.969. The number of benzene rings is 1. The van der Waals surface area contributed by atoms with Gasteiger partial charge in [0.05, 0.1) is 0 Å². The van der Waals surface area contributed by atoms with Crippen LogP contribution in [0.2, 0.25) is 0 Å². The van der Waals surface area contributed by atoms with E-state index >= 15 is 0 Å². The average molecular weight is 190 g/mol. The zero-order valence-corrected chi connectivity index (χ0v) is 7.82. The first-order valence-electron chi connectivity index (χ1n) is 4.52. The second-order valence-electron chi connectivity index (χ2n) is 2.91. The van der Waals surface area contributed by atoms with Gasteiger partial charge in [-0.25, -0.2) is 0 Å². The molecule has 0 heterocycles. The number of aliphatic hydroxyl groups is 2. The van der Waals surface area contributed by atoms with Crippen LogP contribution >= 0.6 is 0 Å². The molecule has 0 aromatic heterocycles. The summed E-state index contributed by atoms with van der Waals surface area (Å²) in [5, 5.41) is 17.6. The van der Waals surface area contributed by atoms with Crippen LogP contribution in [0.4, 0.5) is 0 Å². The fourth-order valence-corrected chi connectivity index (χ4v) is 0.969. The van der Waals surface area contributed by atoms with Crippen molar-refractivity contribution in [1.82, 2.24) is 0 Å². The molecule has 1 aliphatic carbocycles. The van der Waals surface area contributed by atoms with Gasteiger partial charge in [-0.05, 0) is 0 Å². The molecule has 2 atom stereocenters. The van der Waals surface area contributed by atoms with E-state index < -0.39 is 12.2 Å². The SMILES string of the molecule is OC1C=CC=CC1O.c1ccccc1. The molecule has 2 nitrogen and oxygen atoms in total. The van der Waals surface area contributed by atoms with Crippen LogP contribution in [0, 0.1) is 0 Å². The van der Waals surface area contributed by atoms with E-state index in [9.17, 15) is 0 Å². The maximum absolute atomic E-state index is 8.79. The second-order valence-corrected chi connectivity index (χ2v) is 2.91. The van der Waals surface area contributed by atoms with Crippen molar-refractivity contribution >= 4 is 0 Å². The van der Waals surface area contributed by atoms with Gasteiger partial charge in [0.15, 0.2) is 0 Å². The van der Waals surface area contributed by atoms with Crippen LogP contribution in [0.3, 0.4) is 0 Å². The maximum Gasteiger partial charge on any atom is 0.102 e. The van der Waals surface area contributed by atoms with Crippen LogP contribution < -0.4 is 0 Å². The van der Waals surface area contributed by atoms with Crippen molar-refractivity contribution in [3.63, 3.8) is 0 Å². The van der Waals surface area contributed by atoms with Crippen LogP contribution in [0.15, 0.2) is 60.7 Å². The fraction of sp³-hybridized carbons (Fsp3) is 0.167. The standard InChI is InChI=1S/C6H8O2.C6H6/c7-5-3-1-2-4-6(5)8;1-2-4-6-5-3-1/h1-8H;1-6H. The minimum absolute atomic E-state index is 0.708. The highest BCUT2D eigenvalue weighted by Crippen LogP contribution is 2.02. The molecule has 0 saturated carbocycles. The third-order valence-electron chi connectivity index (χ3n) is 1.74. The predicted molar refractivity (Wildman–Crippen MR) is 56.7 cm³/mol. The third kappa shape index (κ3) is 4.03. The Kier molecular flexibility index (Phi) is 4.69. The number of aliphatic hydroxyl groups excluding tert-OH is 2. The van der Waals surface area contributed by atoms with Gasteiger partial charge in [-0.15, -0.1) is 0 Å². The second kappa shape index (κ2) is 6.13. The quantitative estimate of drug-likeness (QED) is 0.651. The Bertz CT molecular complexity index is 248. The van der Waals surface area contributed by atoms with E-state index in [1.807, 2.05) is 36.4 Å². The largest absolute Gasteiger partial charge is 0.386 e. The summed E-state index contributed by atoms with van der Waals surface area (Å²) in [6.45, 7) is 0. The Morgan fingerprint density at radius 2 is 0.857 bits per heavy atom. The Morgan fingerprint density at radius 3 is 1.07 bits per heavy atom. The molecule has 1 aromatic rings. The predicted octanol–water partition coefficient (Wildman–Crippen LogP) is 1.52. The van der Waals surface area contributed by atoms with Crippen LogP contribution in [-0.4, -0.2) is 22.4 Å². The molecule has 0 fully saturated rings. The highest BCUT2D eigenvalue weighted by atomic mass is 16.3. The topological polar surface area (TPSA) is 40.5 Å². The molecule has 1 aliphatic rings. The van der Waals surface area contributed by atoms with Gasteiger partial charge >= 0.3 is 0 Å². The monoisotopic (exact) mass is 190 g/mol. The van der Waals surface area contributed by atoms with E-state index in [0.29, 0.717) is 0 Å². The molecule has 0 amide bonds. The Balaban J connectivity index is 0.000000146. The van der Waals surface area contributed by atoms with Crippen molar-refractivity contribution in [1.29, 1.82) is 0 Å². The highest BCUT2D eigenvalue weighted by molar-refractivity contribution is 5.15. The number of rotatable bonds is 0. The molecular weight excluding hydrogens is 176 g/mol. The van der Waals surface area contributed by atoms with Gasteiger partial charge < -0.3 is 10.2 Å². The summed E-state index contributed by atoms with van der Waals surface area (Å²) in [5.74, 6) is 0. The van der Waals surface area contributed by atoms with Crippen LogP contribution in [-0.2, 0) is 0 Å². The molecule has 2 N–H and O–H groups in total. The van der Waals surface area contributed by atoms with Crippen LogP contribution in [0.1, 0.15) is 0 Å². The number of hydrogen-bond donors (Lipinski definition) is 2. The molecule has 0 saturated heterocycles. The molecular formula is C12H14O2. The average Bonchev–Trinajstić information content (AvgIpc) is 2.26. The summed E-state index contributed by atoms with van der Waals surface area (Å²) >= 11 is 0. The third-order valence-corrected chi connectivity index (χ3v) is 1.74. The summed E-state index contributed by atoms with van der Waals surface area (Å²) < 4.78 is 0. The molecule has 0 bridgehead atoms. The summed E-state index contributed by atoms with van der Waals surface area (Å²) in [6.07, 6.45) is 5.09. The zero-order valence-electron chi connectivity index (χ0n) is 7.82. The molecule has 2 heteroatoms. The molecule has 1 aromatic carbocycles. The van der Waals surface area contributed by atoms with Crippen LogP contribution in [0.5, 0.6) is 0 Å². The summed E-state index contributed by atoms with van der Waals surface area (Å²) in [7, 11) is 0. The molecule has 0 radical (unpaired) electrons. The van der Waals surface area contributed by atoms with Gasteiger partial charge in [-0.3, -0.25) is 0 Å². The van der Waals surface area contributed by atoms with E-state index in [2.05, 4.69) is 0 Å². The molecule has 74 valence electrons. The van der Waals surface area contributed by atoms with Crippen molar-refractivity contribution in [2.75, 3.05) is 0 Å². The van der Waals surface area contributed by atoms with E-state index in [4.69, 9.17) is 10.2 Å². The van der Waals surface area contributed by atoms with Gasteiger partial charge in [0.1, 0.15) is 12.2 Å². The van der Waals surface area contributed by atoms with E-state index in [-0.39, 0.29) is 0 Å². The number of allylic oxidation sites excluding steroid dienone is 2. The summed E-state index contributed by atoms with van der Waals surface area (Å²) in [6, 6.07) is 12.0. The van der Waals surface area contributed by atoms with Gasteiger partial charge in [-0.2, -0.15) is 0 Å². The first kappa shape index (κ1) is 10.7. The Hall–Kier alpha value is -1.38. The van der Waals surface area contributed by atoms with Crippen molar-refractivity contribution < 1.29 is 10.2 Å². The Labute approximate surface area is 83.8 Å². The smallest absolute Gasteiger partial charge is 0.102 e. The van der Waals surface area contributed by atoms with Gasteiger partial charge in [-0.1, -0.05) is 60.7 Å². The first-order valence-corrected chi connectivity index (χ1v) is 4.52. The van der Waals surface area contributed by atoms with Crippen LogP contribution in [0.25, 0.3) is 0 Å². The van der Waals surface area contributed by atoms with E-state index in [1.165, 1.54) is 0 Å². The zero-order chi connectivity index (χ0) is 10.2. The highest BCUT2D eigenvalue weighted by Gasteiger charge is 2.09. The lowest BCUT2D eigenvalue weighted by Gasteiger charge is -2.11. The lowest BCUT2D eigenvalue weighted by molar-refractivity contribution is 0.0794. The molecule has 0 spiro atoms. The van der Waals surface area contributed by atoms with Crippen molar-refractivity contribution in [3.8, 4) is 0 Å². The maximum atomic E-state index is 8.79. The summed E-state index contributed by atoms with van der Waals surface area (Å²) in [4.78, 5) is 0. The molecule has 0 aliphatic heterocycles. The van der Waals surface area contributed by atoms with Gasteiger partial charge in [0.25, 0.3) is 0 Å². The minimum Gasteiger partial charge on any atom is -0.386 e. The Morgan fingerprint density at radius 1 is 0.571 bits per heavy atom.